The number of likely N-dealkylation sites (tertiary alicyclic amines) is 1. The molecule has 1 aliphatic heterocycles. The van der Waals surface area contributed by atoms with E-state index in [4.69, 9.17) is 0 Å². The van der Waals surface area contributed by atoms with E-state index < -0.39 is 11.9 Å². The minimum atomic E-state index is -0.505. The van der Waals surface area contributed by atoms with Crippen LogP contribution in [-0.2, 0) is 0 Å². The Balaban J connectivity index is 1.78. The van der Waals surface area contributed by atoms with E-state index in [-0.39, 0.29) is 11.6 Å². The van der Waals surface area contributed by atoms with Gasteiger partial charge in [0.2, 0.25) is 0 Å². The fraction of sp³-hybridized carbons (Fsp3) is 0.222. The lowest BCUT2D eigenvalue weighted by Gasteiger charge is -2.16. The van der Waals surface area contributed by atoms with Crippen LogP contribution in [0.25, 0.3) is 10.9 Å². The average Bonchev–Trinajstić information content (AvgIpc) is 3.21. The van der Waals surface area contributed by atoms with Gasteiger partial charge in [-0.3, -0.25) is 9.78 Å². The second kappa shape index (κ2) is 6.84. The first-order valence-electron chi connectivity index (χ1n) is 8.18. The Morgan fingerprint density at radius 3 is 3.00 bits per heavy atom. The third-order valence-corrected chi connectivity index (χ3v) is 5.13. The van der Waals surface area contributed by atoms with Gasteiger partial charge in [0.15, 0.2) is 0 Å². The van der Waals surface area contributed by atoms with Crippen molar-refractivity contribution in [1.82, 2.24) is 14.9 Å². The molecule has 3 aromatic rings. The molecule has 0 unspecified atom stereocenters. The number of hydrogen-bond donors (Lipinski definition) is 3. The lowest BCUT2D eigenvalue weighted by atomic mass is 10.2. The molecule has 26 heavy (non-hydrogen) atoms. The van der Waals surface area contributed by atoms with Gasteiger partial charge in [-0.05, 0) is 53.3 Å². The van der Waals surface area contributed by atoms with Crippen molar-refractivity contribution in [2.24, 2.45) is 0 Å². The van der Waals surface area contributed by atoms with Gasteiger partial charge in [0.05, 0.1) is 23.0 Å². The third-order valence-electron chi connectivity index (χ3n) is 4.46. The third kappa shape index (κ3) is 3.14. The highest BCUT2D eigenvalue weighted by molar-refractivity contribution is 14.1. The SMILES string of the molecule is O=C(c1[nH]c2ccncc2c1Nc1ccc(I)cc1F)N1CC[C@@H](O)C1. The molecule has 1 saturated heterocycles. The monoisotopic (exact) mass is 466 g/mol. The number of hydrogen-bond acceptors (Lipinski definition) is 4. The van der Waals surface area contributed by atoms with Crippen LogP contribution in [0.1, 0.15) is 16.9 Å². The normalized spacial score (nSPS) is 17.0. The first-order chi connectivity index (χ1) is 12.5. The summed E-state index contributed by atoms with van der Waals surface area (Å²) in [6.45, 7) is 0.786. The summed E-state index contributed by atoms with van der Waals surface area (Å²) >= 11 is 2.04. The van der Waals surface area contributed by atoms with Crippen LogP contribution in [0, 0.1) is 9.39 Å². The van der Waals surface area contributed by atoms with Crippen LogP contribution < -0.4 is 5.32 Å². The van der Waals surface area contributed by atoms with Crippen LogP contribution in [0.15, 0.2) is 36.7 Å². The van der Waals surface area contributed by atoms with Gasteiger partial charge in [-0.2, -0.15) is 0 Å². The molecule has 0 saturated carbocycles. The van der Waals surface area contributed by atoms with Crippen molar-refractivity contribution in [2.45, 2.75) is 12.5 Å². The maximum atomic E-state index is 14.3. The van der Waals surface area contributed by atoms with Gasteiger partial charge in [-0.25, -0.2) is 4.39 Å². The number of aliphatic hydroxyl groups is 1. The smallest absolute Gasteiger partial charge is 0.272 e. The minimum Gasteiger partial charge on any atom is -0.391 e. The number of aliphatic hydroxyl groups excluding tert-OH is 1. The standard InChI is InChI=1S/C18H16FIN4O2/c19-13-7-10(20)1-2-15(13)23-16-12-8-21-5-3-14(12)22-17(16)18(26)24-6-4-11(25)9-24/h1-3,5,7-8,11,22-23,25H,4,6,9H2/t11-/m1/s1. The Hall–Kier alpha value is -2.20. The molecule has 4 rings (SSSR count). The number of halogens is 2. The number of aromatic amines is 1. The van der Waals surface area contributed by atoms with Crippen LogP contribution >= 0.6 is 22.6 Å². The summed E-state index contributed by atoms with van der Waals surface area (Å²) in [4.78, 5) is 21.8. The molecule has 0 aliphatic carbocycles. The predicted molar refractivity (Wildman–Crippen MR) is 105 cm³/mol. The second-order valence-electron chi connectivity index (χ2n) is 6.24. The largest absolute Gasteiger partial charge is 0.391 e. The summed E-state index contributed by atoms with van der Waals surface area (Å²) < 4.78 is 15.1. The van der Waals surface area contributed by atoms with E-state index in [0.29, 0.717) is 36.3 Å². The Morgan fingerprint density at radius 2 is 2.27 bits per heavy atom. The van der Waals surface area contributed by atoms with E-state index in [1.807, 2.05) is 22.6 Å². The van der Waals surface area contributed by atoms with Crippen molar-refractivity contribution < 1.29 is 14.3 Å². The molecule has 6 nitrogen and oxygen atoms in total. The number of aromatic nitrogens is 2. The molecule has 1 aliphatic rings. The Labute approximate surface area is 162 Å². The first-order valence-corrected chi connectivity index (χ1v) is 9.26. The maximum Gasteiger partial charge on any atom is 0.272 e. The Bertz CT molecular complexity index is 990. The molecule has 0 spiro atoms. The van der Waals surface area contributed by atoms with Gasteiger partial charge in [-0.1, -0.05) is 0 Å². The molecule has 3 heterocycles. The molecule has 2 aromatic heterocycles. The van der Waals surface area contributed by atoms with Crippen LogP contribution in [0.5, 0.6) is 0 Å². The zero-order valence-electron chi connectivity index (χ0n) is 13.7. The quantitative estimate of drug-likeness (QED) is 0.518. The van der Waals surface area contributed by atoms with Gasteiger partial charge < -0.3 is 20.3 Å². The molecule has 0 bridgehead atoms. The topological polar surface area (TPSA) is 81.2 Å². The Kier molecular flexibility index (Phi) is 4.53. The van der Waals surface area contributed by atoms with E-state index >= 15 is 0 Å². The molecule has 1 fully saturated rings. The number of amides is 1. The number of H-pyrrole nitrogens is 1. The molecular formula is C18H16FIN4O2. The predicted octanol–water partition coefficient (Wildman–Crippen LogP) is 3.26. The number of nitrogens with zero attached hydrogens (tertiary/aromatic N) is 2. The van der Waals surface area contributed by atoms with Crippen molar-refractivity contribution in [3.8, 4) is 0 Å². The van der Waals surface area contributed by atoms with E-state index in [9.17, 15) is 14.3 Å². The highest BCUT2D eigenvalue weighted by atomic mass is 127. The van der Waals surface area contributed by atoms with Crippen molar-refractivity contribution in [1.29, 1.82) is 0 Å². The molecule has 1 amide bonds. The number of benzene rings is 1. The number of pyridine rings is 1. The number of carbonyl (C=O) groups is 1. The van der Waals surface area contributed by atoms with Crippen molar-refractivity contribution in [3.63, 3.8) is 0 Å². The van der Waals surface area contributed by atoms with Gasteiger partial charge in [0.1, 0.15) is 11.5 Å². The summed E-state index contributed by atoms with van der Waals surface area (Å²) in [5.41, 5.74) is 1.84. The molecule has 1 aromatic carbocycles. The number of rotatable bonds is 3. The zero-order valence-corrected chi connectivity index (χ0v) is 15.8. The van der Waals surface area contributed by atoms with Gasteiger partial charge in [0, 0.05) is 34.4 Å². The van der Waals surface area contributed by atoms with E-state index in [1.165, 1.54) is 6.07 Å². The second-order valence-corrected chi connectivity index (χ2v) is 7.48. The average molecular weight is 466 g/mol. The van der Waals surface area contributed by atoms with Gasteiger partial charge in [-0.15, -0.1) is 0 Å². The fourth-order valence-electron chi connectivity index (χ4n) is 3.13. The van der Waals surface area contributed by atoms with Crippen molar-refractivity contribution >= 4 is 50.8 Å². The fourth-order valence-corrected chi connectivity index (χ4v) is 3.59. The molecule has 1 atom stereocenters. The van der Waals surface area contributed by atoms with Gasteiger partial charge >= 0.3 is 0 Å². The van der Waals surface area contributed by atoms with Crippen molar-refractivity contribution in [2.75, 3.05) is 18.4 Å². The molecule has 134 valence electrons. The number of β-amino-alcohol motifs (C(OH)–C–C–N with tert-alkyl or cyclic N) is 1. The summed E-state index contributed by atoms with van der Waals surface area (Å²) in [5, 5.41) is 13.5. The number of fused-ring (bicyclic) bond motifs is 1. The zero-order chi connectivity index (χ0) is 18.3. The molecular weight excluding hydrogens is 450 g/mol. The summed E-state index contributed by atoms with van der Waals surface area (Å²) in [6.07, 6.45) is 3.31. The molecule has 3 N–H and O–H groups in total. The van der Waals surface area contributed by atoms with E-state index in [1.54, 1.807) is 35.5 Å². The Morgan fingerprint density at radius 1 is 1.42 bits per heavy atom. The van der Waals surface area contributed by atoms with Gasteiger partial charge in [0.25, 0.3) is 5.91 Å². The maximum absolute atomic E-state index is 14.3. The molecule has 0 radical (unpaired) electrons. The summed E-state index contributed by atoms with van der Waals surface area (Å²) in [5.74, 6) is -0.628. The number of nitrogens with one attached hydrogen (secondary N) is 2. The van der Waals surface area contributed by atoms with E-state index in [2.05, 4.69) is 15.3 Å². The highest BCUT2D eigenvalue weighted by Crippen LogP contribution is 2.32. The summed E-state index contributed by atoms with van der Waals surface area (Å²) in [7, 11) is 0. The van der Waals surface area contributed by atoms with Crippen LogP contribution in [0.3, 0.4) is 0 Å². The lowest BCUT2D eigenvalue weighted by Crippen LogP contribution is -2.30. The van der Waals surface area contributed by atoms with Crippen molar-refractivity contribution in [3.05, 3.63) is 51.7 Å². The van der Waals surface area contributed by atoms with E-state index in [0.717, 1.165) is 9.09 Å². The highest BCUT2D eigenvalue weighted by Gasteiger charge is 2.29. The number of anilines is 2. The summed E-state index contributed by atoms with van der Waals surface area (Å²) in [6, 6.07) is 6.62. The van der Waals surface area contributed by atoms with Crippen LogP contribution in [0.2, 0.25) is 0 Å². The lowest BCUT2D eigenvalue weighted by molar-refractivity contribution is 0.0761. The van der Waals surface area contributed by atoms with Crippen LogP contribution in [-0.4, -0.2) is 45.1 Å². The number of carbonyl (C=O) groups excluding carboxylic acids is 1. The molecule has 8 heteroatoms. The van der Waals surface area contributed by atoms with Crippen LogP contribution in [0.4, 0.5) is 15.8 Å². The minimum absolute atomic E-state index is 0.230. The first kappa shape index (κ1) is 17.2.